The second-order valence-corrected chi connectivity index (χ2v) is 8.19. The Morgan fingerprint density at radius 2 is 1.45 bits per heavy atom. The van der Waals surface area contributed by atoms with Crippen molar-refractivity contribution in [3.63, 3.8) is 0 Å². The van der Waals surface area contributed by atoms with Crippen molar-refractivity contribution >= 4 is 11.8 Å². The Morgan fingerprint density at radius 3 is 2.13 bits per heavy atom. The Morgan fingerprint density at radius 1 is 0.806 bits per heavy atom. The minimum absolute atomic E-state index is 0.000919. The topological polar surface area (TPSA) is 59.1 Å². The van der Waals surface area contributed by atoms with Crippen molar-refractivity contribution in [2.45, 2.75) is 38.2 Å². The van der Waals surface area contributed by atoms with E-state index in [-0.39, 0.29) is 11.8 Å². The van der Waals surface area contributed by atoms with Crippen LogP contribution in [0, 0.1) is 0 Å². The van der Waals surface area contributed by atoms with Crippen molar-refractivity contribution in [1.82, 2.24) is 9.80 Å². The molecule has 0 N–H and O–H groups in total. The molecule has 2 aromatic rings. The third-order valence-electron chi connectivity index (χ3n) is 6.11. The highest BCUT2D eigenvalue weighted by Gasteiger charge is 2.25. The molecule has 2 fully saturated rings. The molecule has 1 aliphatic heterocycles. The third-order valence-corrected chi connectivity index (χ3v) is 6.11. The van der Waals surface area contributed by atoms with Gasteiger partial charge in [0.2, 0.25) is 0 Å². The maximum Gasteiger partial charge on any atom is 0.257 e. The first-order valence-electron chi connectivity index (χ1n) is 11.1. The maximum atomic E-state index is 13.0. The summed E-state index contributed by atoms with van der Waals surface area (Å²) in [6, 6.07) is 14.7. The van der Waals surface area contributed by atoms with Gasteiger partial charge in [-0.3, -0.25) is 9.59 Å². The van der Waals surface area contributed by atoms with Gasteiger partial charge < -0.3 is 19.3 Å². The van der Waals surface area contributed by atoms with E-state index in [4.69, 9.17) is 9.47 Å². The van der Waals surface area contributed by atoms with Crippen molar-refractivity contribution < 1.29 is 19.1 Å². The van der Waals surface area contributed by atoms with Crippen LogP contribution in [0.5, 0.6) is 11.5 Å². The lowest BCUT2D eigenvalue weighted by atomic mass is 10.1. The predicted molar refractivity (Wildman–Crippen MR) is 119 cm³/mol. The number of hydrogen-bond acceptors (Lipinski definition) is 4. The van der Waals surface area contributed by atoms with Crippen LogP contribution in [0.4, 0.5) is 0 Å². The van der Waals surface area contributed by atoms with Gasteiger partial charge in [0, 0.05) is 31.7 Å². The standard InChI is InChI=1S/C25H30N2O4/c1-30-23-10-5-4-9-22(23)25(29)27-16-6-15-26(17-18-27)24(28)19-11-13-21(14-12-19)31-20-7-2-3-8-20/h4-5,9-14,20H,2-3,6-8,15-18H2,1H3. The smallest absolute Gasteiger partial charge is 0.257 e. The molecule has 1 saturated carbocycles. The van der Waals surface area contributed by atoms with Gasteiger partial charge in [0.15, 0.2) is 0 Å². The zero-order chi connectivity index (χ0) is 21.6. The summed E-state index contributed by atoms with van der Waals surface area (Å²) in [5.41, 5.74) is 1.21. The van der Waals surface area contributed by atoms with E-state index in [1.807, 2.05) is 46.2 Å². The fraction of sp³-hybridized carbons (Fsp3) is 0.440. The SMILES string of the molecule is COc1ccccc1C(=O)N1CCCN(C(=O)c2ccc(OC3CCCC3)cc2)CC1. The zero-order valence-corrected chi connectivity index (χ0v) is 18.1. The summed E-state index contributed by atoms with van der Waals surface area (Å²) in [6.07, 6.45) is 5.73. The third kappa shape index (κ3) is 5.01. The van der Waals surface area contributed by atoms with Crippen LogP contribution in [-0.2, 0) is 0 Å². The van der Waals surface area contributed by atoms with Crippen LogP contribution in [0.25, 0.3) is 0 Å². The van der Waals surface area contributed by atoms with Gasteiger partial charge >= 0.3 is 0 Å². The van der Waals surface area contributed by atoms with Crippen LogP contribution in [0.3, 0.4) is 0 Å². The average molecular weight is 423 g/mol. The number of benzene rings is 2. The van der Waals surface area contributed by atoms with Crippen molar-refractivity contribution in [3.8, 4) is 11.5 Å². The lowest BCUT2D eigenvalue weighted by Crippen LogP contribution is -2.37. The Kier molecular flexibility index (Phi) is 6.75. The molecule has 1 heterocycles. The van der Waals surface area contributed by atoms with Crippen molar-refractivity contribution in [3.05, 3.63) is 59.7 Å². The lowest BCUT2D eigenvalue weighted by Gasteiger charge is -2.23. The van der Waals surface area contributed by atoms with E-state index < -0.39 is 0 Å². The van der Waals surface area contributed by atoms with Crippen molar-refractivity contribution in [1.29, 1.82) is 0 Å². The number of amides is 2. The van der Waals surface area contributed by atoms with Gasteiger partial charge in [-0.15, -0.1) is 0 Å². The minimum Gasteiger partial charge on any atom is -0.496 e. The van der Waals surface area contributed by atoms with Gasteiger partial charge in [-0.1, -0.05) is 12.1 Å². The molecule has 1 aliphatic carbocycles. The lowest BCUT2D eigenvalue weighted by molar-refractivity contribution is 0.0717. The van der Waals surface area contributed by atoms with Crippen LogP contribution in [0.1, 0.15) is 52.8 Å². The number of carbonyl (C=O) groups excluding carboxylic acids is 2. The molecular formula is C25H30N2O4. The van der Waals surface area contributed by atoms with Crippen LogP contribution in [0.15, 0.2) is 48.5 Å². The summed E-state index contributed by atoms with van der Waals surface area (Å²) in [6.45, 7) is 2.27. The molecule has 31 heavy (non-hydrogen) atoms. The largest absolute Gasteiger partial charge is 0.496 e. The van der Waals surface area contributed by atoms with Crippen molar-refractivity contribution in [2.24, 2.45) is 0 Å². The van der Waals surface area contributed by atoms with E-state index in [1.54, 1.807) is 19.2 Å². The molecule has 0 spiro atoms. The van der Waals surface area contributed by atoms with E-state index in [0.29, 0.717) is 49.2 Å². The second kappa shape index (κ2) is 9.86. The number of rotatable bonds is 5. The molecule has 0 bridgehead atoms. The molecule has 4 rings (SSSR count). The Bertz CT molecular complexity index is 906. The number of carbonyl (C=O) groups is 2. The summed E-state index contributed by atoms with van der Waals surface area (Å²) >= 11 is 0. The molecule has 0 atom stereocenters. The Hall–Kier alpha value is -3.02. The molecule has 0 aromatic heterocycles. The number of hydrogen-bond donors (Lipinski definition) is 0. The van der Waals surface area contributed by atoms with Crippen LogP contribution < -0.4 is 9.47 Å². The fourth-order valence-corrected chi connectivity index (χ4v) is 4.37. The number of methoxy groups -OCH3 is 1. The highest BCUT2D eigenvalue weighted by Crippen LogP contribution is 2.25. The summed E-state index contributed by atoms with van der Waals surface area (Å²) in [5.74, 6) is 1.34. The molecular weight excluding hydrogens is 392 g/mol. The molecule has 6 nitrogen and oxygen atoms in total. The van der Waals surface area contributed by atoms with E-state index in [0.717, 1.165) is 25.0 Å². The molecule has 0 unspecified atom stereocenters. The van der Waals surface area contributed by atoms with Gasteiger partial charge in [-0.25, -0.2) is 0 Å². The minimum atomic E-state index is -0.0554. The van der Waals surface area contributed by atoms with E-state index >= 15 is 0 Å². The first-order valence-corrected chi connectivity index (χ1v) is 11.1. The van der Waals surface area contributed by atoms with E-state index in [9.17, 15) is 9.59 Å². The number of para-hydroxylation sites is 1. The molecule has 1 saturated heterocycles. The molecule has 2 aliphatic rings. The summed E-state index contributed by atoms with van der Waals surface area (Å²) in [5, 5.41) is 0. The average Bonchev–Trinajstić information content (AvgIpc) is 3.20. The molecule has 0 radical (unpaired) electrons. The van der Waals surface area contributed by atoms with Gasteiger partial charge in [0.25, 0.3) is 11.8 Å². The van der Waals surface area contributed by atoms with Crippen LogP contribution in [0.2, 0.25) is 0 Å². The monoisotopic (exact) mass is 422 g/mol. The Balaban J connectivity index is 1.36. The van der Waals surface area contributed by atoms with Gasteiger partial charge in [-0.05, 0) is 68.5 Å². The fourth-order valence-electron chi connectivity index (χ4n) is 4.37. The summed E-state index contributed by atoms with van der Waals surface area (Å²) < 4.78 is 11.3. The van der Waals surface area contributed by atoms with Crippen LogP contribution in [-0.4, -0.2) is 61.0 Å². The normalized spacial score (nSPS) is 17.3. The van der Waals surface area contributed by atoms with E-state index in [2.05, 4.69) is 0 Å². The molecule has 2 amide bonds. The zero-order valence-electron chi connectivity index (χ0n) is 18.1. The second-order valence-electron chi connectivity index (χ2n) is 8.19. The molecule has 2 aromatic carbocycles. The maximum absolute atomic E-state index is 13.0. The van der Waals surface area contributed by atoms with E-state index in [1.165, 1.54) is 12.8 Å². The summed E-state index contributed by atoms with van der Waals surface area (Å²) in [4.78, 5) is 29.6. The quantitative estimate of drug-likeness (QED) is 0.731. The van der Waals surface area contributed by atoms with Gasteiger partial charge in [-0.2, -0.15) is 0 Å². The van der Waals surface area contributed by atoms with Crippen LogP contribution >= 0.6 is 0 Å². The molecule has 164 valence electrons. The first-order chi connectivity index (χ1) is 15.2. The predicted octanol–water partition coefficient (Wildman–Crippen LogP) is 4.00. The number of ether oxygens (including phenoxy) is 2. The molecule has 6 heteroatoms. The highest BCUT2D eigenvalue weighted by atomic mass is 16.5. The summed E-state index contributed by atoms with van der Waals surface area (Å²) in [7, 11) is 1.57. The highest BCUT2D eigenvalue weighted by molar-refractivity contribution is 5.97. The van der Waals surface area contributed by atoms with Gasteiger partial charge in [0.05, 0.1) is 18.8 Å². The van der Waals surface area contributed by atoms with Crippen molar-refractivity contribution in [2.75, 3.05) is 33.3 Å². The van der Waals surface area contributed by atoms with Gasteiger partial charge in [0.1, 0.15) is 11.5 Å². The first kappa shape index (κ1) is 21.2. The Labute approximate surface area is 183 Å². The number of nitrogens with zero attached hydrogens (tertiary/aromatic N) is 2.